The molecule has 0 aromatic heterocycles. The molecule has 2 rings (SSSR count). The Morgan fingerprint density at radius 2 is 1.86 bits per heavy atom. The second kappa shape index (κ2) is 9.30. The van der Waals surface area contributed by atoms with Crippen molar-refractivity contribution >= 4 is 29.9 Å². The van der Waals surface area contributed by atoms with E-state index in [2.05, 4.69) is 40.9 Å². The van der Waals surface area contributed by atoms with Crippen molar-refractivity contribution in [2.75, 3.05) is 39.8 Å². The molecule has 2 heterocycles. The van der Waals surface area contributed by atoms with Gasteiger partial charge in [-0.05, 0) is 50.6 Å². The van der Waals surface area contributed by atoms with E-state index in [-0.39, 0.29) is 24.0 Å². The molecule has 2 fully saturated rings. The highest BCUT2D eigenvalue weighted by molar-refractivity contribution is 14.0. The minimum Gasteiger partial charge on any atom is -0.356 e. The van der Waals surface area contributed by atoms with Gasteiger partial charge in [-0.15, -0.1) is 24.0 Å². The van der Waals surface area contributed by atoms with Gasteiger partial charge in [0.05, 0.1) is 0 Å². The Morgan fingerprint density at radius 3 is 2.45 bits per heavy atom. The molecule has 130 valence electrons. The number of aliphatic imine (C=N–C) groups is 1. The first kappa shape index (κ1) is 20.0. The van der Waals surface area contributed by atoms with Crippen molar-refractivity contribution in [2.45, 2.75) is 58.9 Å². The summed E-state index contributed by atoms with van der Waals surface area (Å²) >= 11 is 0. The minimum atomic E-state index is 0. The lowest BCUT2D eigenvalue weighted by atomic mass is 9.91. The number of nitrogens with zero attached hydrogens (tertiary/aromatic N) is 3. The predicted octanol–water partition coefficient (Wildman–Crippen LogP) is 3.18. The maximum Gasteiger partial charge on any atom is 0.193 e. The Balaban J connectivity index is 0.00000242. The van der Waals surface area contributed by atoms with E-state index in [1.165, 1.54) is 45.2 Å². The fraction of sp³-hybridized carbons (Fsp3) is 0.941. The molecule has 4 nitrogen and oxygen atoms in total. The van der Waals surface area contributed by atoms with Crippen LogP contribution in [0.2, 0.25) is 0 Å². The third kappa shape index (κ3) is 6.22. The smallest absolute Gasteiger partial charge is 0.193 e. The van der Waals surface area contributed by atoms with Gasteiger partial charge < -0.3 is 10.2 Å². The van der Waals surface area contributed by atoms with Gasteiger partial charge in [0, 0.05) is 32.7 Å². The largest absolute Gasteiger partial charge is 0.356 e. The quantitative estimate of drug-likeness (QED) is 0.327. The number of guanidine groups is 1. The van der Waals surface area contributed by atoms with Crippen LogP contribution in [0, 0.1) is 5.41 Å². The Labute approximate surface area is 154 Å². The highest BCUT2D eigenvalue weighted by Crippen LogP contribution is 2.21. The van der Waals surface area contributed by atoms with E-state index < -0.39 is 0 Å². The van der Waals surface area contributed by atoms with Gasteiger partial charge in [0.2, 0.25) is 0 Å². The van der Waals surface area contributed by atoms with Crippen molar-refractivity contribution in [2.24, 2.45) is 10.4 Å². The van der Waals surface area contributed by atoms with Gasteiger partial charge in [0.15, 0.2) is 5.96 Å². The van der Waals surface area contributed by atoms with Crippen LogP contribution in [-0.4, -0.2) is 61.6 Å². The van der Waals surface area contributed by atoms with Crippen LogP contribution < -0.4 is 5.32 Å². The number of rotatable bonds is 4. The summed E-state index contributed by atoms with van der Waals surface area (Å²) in [7, 11) is 1.91. The normalized spacial score (nSPS) is 23.7. The van der Waals surface area contributed by atoms with Gasteiger partial charge in [0.1, 0.15) is 0 Å². The first-order valence-electron chi connectivity index (χ1n) is 8.69. The van der Waals surface area contributed by atoms with Crippen molar-refractivity contribution < 1.29 is 0 Å². The Morgan fingerprint density at radius 1 is 1.18 bits per heavy atom. The molecule has 0 aromatic carbocycles. The molecule has 0 radical (unpaired) electrons. The molecule has 0 amide bonds. The van der Waals surface area contributed by atoms with Gasteiger partial charge in [-0.3, -0.25) is 9.89 Å². The van der Waals surface area contributed by atoms with E-state index in [4.69, 9.17) is 0 Å². The van der Waals surface area contributed by atoms with Crippen molar-refractivity contribution in [1.82, 2.24) is 15.1 Å². The molecule has 0 aliphatic carbocycles. The van der Waals surface area contributed by atoms with Crippen molar-refractivity contribution in [3.63, 3.8) is 0 Å². The van der Waals surface area contributed by atoms with Crippen molar-refractivity contribution in [3.8, 4) is 0 Å². The maximum absolute atomic E-state index is 4.48. The summed E-state index contributed by atoms with van der Waals surface area (Å²) in [6.07, 6.45) is 6.54. The number of nitrogens with one attached hydrogen (secondary N) is 1. The molecular weight excluding hydrogens is 387 g/mol. The van der Waals surface area contributed by atoms with Crippen molar-refractivity contribution in [1.29, 1.82) is 0 Å². The SMILES string of the molecule is CN=C(NCCCC(C)(C)C)N1CCC(N2CCCC2)C1.I. The molecule has 0 aromatic rings. The van der Waals surface area contributed by atoms with Gasteiger partial charge in [-0.25, -0.2) is 0 Å². The summed E-state index contributed by atoms with van der Waals surface area (Å²) < 4.78 is 0. The lowest BCUT2D eigenvalue weighted by Gasteiger charge is -2.26. The van der Waals surface area contributed by atoms with E-state index in [1.54, 1.807) is 0 Å². The zero-order chi connectivity index (χ0) is 15.3. The van der Waals surface area contributed by atoms with Crippen LogP contribution in [-0.2, 0) is 0 Å². The van der Waals surface area contributed by atoms with Crippen LogP contribution in [0.1, 0.15) is 52.9 Å². The lowest BCUT2D eigenvalue weighted by molar-refractivity contribution is 0.249. The fourth-order valence-electron chi connectivity index (χ4n) is 3.49. The van der Waals surface area contributed by atoms with Gasteiger partial charge in [-0.1, -0.05) is 20.8 Å². The average Bonchev–Trinajstić information content (AvgIpc) is 3.08. The zero-order valence-electron chi connectivity index (χ0n) is 14.9. The van der Waals surface area contributed by atoms with Gasteiger partial charge in [0.25, 0.3) is 0 Å². The molecule has 1 N–H and O–H groups in total. The third-order valence-corrected chi connectivity index (χ3v) is 4.72. The van der Waals surface area contributed by atoms with Crippen molar-refractivity contribution in [3.05, 3.63) is 0 Å². The molecule has 0 bridgehead atoms. The van der Waals surface area contributed by atoms with Gasteiger partial charge >= 0.3 is 0 Å². The summed E-state index contributed by atoms with van der Waals surface area (Å²) in [5, 5.41) is 3.55. The highest BCUT2D eigenvalue weighted by atomic mass is 127. The summed E-state index contributed by atoms with van der Waals surface area (Å²) in [5.74, 6) is 1.10. The predicted molar refractivity (Wildman–Crippen MR) is 106 cm³/mol. The number of hydrogen-bond donors (Lipinski definition) is 1. The lowest BCUT2D eigenvalue weighted by Crippen LogP contribution is -2.43. The third-order valence-electron chi connectivity index (χ3n) is 4.72. The highest BCUT2D eigenvalue weighted by Gasteiger charge is 2.30. The molecule has 2 aliphatic rings. The number of hydrogen-bond acceptors (Lipinski definition) is 2. The summed E-state index contributed by atoms with van der Waals surface area (Å²) in [6, 6.07) is 0.751. The second-order valence-electron chi connectivity index (χ2n) is 7.77. The first-order chi connectivity index (χ1) is 9.99. The molecule has 2 aliphatic heterocycles. The average molecular weight is 422 g/mol. The molecule has 1 atom stereocenters. The Hall–Kier alpha value is -0.0400. The van der Waals surface area contributed by atoms with Crippen LogP contribution in [0.5, 0.6) is 0 Å². The number of halogens is 1. The molecule has 5 heteroatoms. The summed E-state index contributed by atoms with van der Waals surface area (Å²) in [5.41, 5.74) is 0.430. The first-order valence-corrected chi connectivity index (χ1v) is 8.69. The second-order valence-corrected chi connectivity index (χ2v) is 7.77. The maximum atomic E-state index is 4.48. The molecular formula is C17H35IN4. The summed E-state index contributed by atoms with van der Waals surface area (Å²) in [4.78, 5) is 9.60. The molecule has 2 saturated heterocycles. The fourth-order valence-corrected chi connectivity index (χ4v) is 3.49. The minimum absolute atomic E-state index is 0. The molecule has 1 unspecified atom stereocenters. The Kier molecular flexibility index (Phi) is 8.46. The standard InChI is InChI=1S/C17H34N4.HI/c1-17(2,3)9-7-10-19-16(18-4)21-13-8-15(14-21)20-11-5-6-12-20;/h15H,5-14H2,1-4H3,(H,18,19);1H. The number of likely N-dealkylation sites (tertiary alicyclic amines) is 2. The molecule has 0 spiro atoms. The van der Waals surface area contributed by atoms with Crippen LogP contribution in [0.4, 0.5) is 0 Å². The zero-order valence-corrected chi connectivity index (χ0v) is 17.2. The molecule has 0 saturated carbocycles. The summed E-state index contributed by atoms with van der Waals surface area (Å²) in [6.45, 7) is 12.9. The van der Waals surface area contributed by atoms with Crippen LogP contribution in [0.15, 0.2) is 4.99 Å². The van der Waals surface area contributed by atoms with E-state index >= 15 is 0 Å². The van der Waals surface area contributed by atoms with E-state index in [9.17, 15) is 0 Å². The van der Waals surface area contributed by atoms with E-state index in [0.29, 0.717) is 5.41 Å². The van der Waals surface area contributed by atoms with E-state index in [1.807, 2.05) is 7.05 Å². The van der Waals surface area contributed by atoms with Crippen LogP contribution >= 0.6 is 24.0 Å². The van der Waals surface area contributed by atoms with Crippen LogP contribution in [0.25, 0.3) is 0 Å². The Bertz CT molecular complexity index is 345. The van der Waals surface area contributed by atoms with E-state index in [0.717, 1.165) is 31.6 Å². The monoisotopic (exact) mass is 422 g/mol. The topological polar surface area (TPSA) is 30.9 Å². The molecule has 22 heavy (non-hydrogen) atoms. The van der Waals surface area contributed by atoms with Crippen LogP contribution in [0.3, 0.4) is 0 Å². The van der Waals surface area contributed by atoms with Gasteiger partial charge in [-0.2, -0.15) is 0 Å².